The summed E-state index contributed by atoms with van der Waals surface area (Å²) in [6.45, 7) is 0. The third-order valence-electron chi connectivity index (χ3n) is 3.01. The minimum Gasteiger partial charge on any atom is -0.366 e. The molecule has 2 atom stereocenters. The van der Waals surface area contributed by atoms with E-state index in [-0.39, 0.29) is 0 Å². The predicted octanol–water partition coefficient (Wildman–Crippen LogP) is 3.05. The van der Waals surface area contributed by atoms with E-state index in [9.17, 15) is 0 Å². The summed E-state index contributed by atoms with van der Waals surface area (Å²) in [4.78, 5) is 8.25. The summed E-state index contributed by atoms with van der Waals surface area (Å²) in [6, 6.07) is 11.1. The lowest BCUT2D eigenvalue weighted by Gasteiger charge is -2.06. The Morgan fingerprint density at radius 1 is 1.24 bits per heavy atom. The van der Waals surface area contributed by atoms with Gasteiger partial charge in [0.1, 0.15) is 12.1 Å². The van der Waals surface area contributed by atoms with Gasteiger partial charge in [-0.3, -0.25) is 0 Å². The van der Waals surface area contributed by atoms with Crippen molar-refractivity contribution in [1.82, 2.24) is 9.97 Å². The van der Waals surface area contributed by atoms with Crippen molar-refractivity contribution in [3.63, 3.8) is 0 Å². The van der Waals surface area contributed by atoms with Crippen LogP contribution in [0.4, 0.5) is 5.82 Å². The van der Waals surface area contributed by atoms with Crippen molar-refractivity contribution in [2.75, 3.05) is 5.32 Å². The summed E-state index contributed by atoms with van der Waals surface area (Å²) >= 11 is 2.26. The molecule has 3 nitrogen and oxygen atoms in total. The maximum atomic E-state index is 4.26. The SMILES string of the molecule is Ic1cncnc1NC1CC1c1ccccc1. The maximum Gasteiger partial charge on any atom is 0.143 e. The zero-order chi connectivity index (χ0) is 11.7. The monoisotopic (exact) mass is 337 g/mol. The van der Waals surface area contributed by atoms with Gasteiger partial charge in [-0.25, -0.2) is 9.97 Å². The Kier molecular flexibility index (Phi) is 2.96. The molecule has 0 amide bonds. The Balaban J connectivity index is 1.69. The van der Waals surface area contributed by atoms with E-state index in [1.165, 1.54) is 12.0 Å². The minimum absolute atomic E-state index is 0.515. The van der Waals surface area contributed by atoms with E-state index in [1.54, 1.807) is 6.33 Å². The van der Waals surface area contributed by atoms with Crippen LogP contribution >= 0.6 is 22.6 Å². The highest BCUT2D eigenvalue weighted by Gasteiger charge is 2.38. The molecule has 0 radical (unpaired) electrons. The minimum atomic E-state index is 0.515. The van der Waals surface area contributed by atoms with Crippen LogP contribution in [0.25, 0.3) is 0 Å². The number of rotatable bonds is 3. The van der Waals surface area contributed by atoms with Gasteiger partial charge in [0.15, 0.2) is 0 Å². The third kappa shape index (κ3) is 2.41. The molecule has 1 aliphatic rings. The van der Waals surface area contributed by atoms with Crippen LogP contribution in [0.15, 0.2) is 42.9 Å². The largest absolute Gasteiger partial charge is 0.366 e. The molecule has 2 aromatic rings. The summed E-state index contributed by atoms with van der Waals surface area (Å²) in [5.74, 6) is 1.57. The van der Waals surface area contributed by atoms with E-state index in [0.29, 0.717) is 12.0 Å². The maximum absolute atomic E-state index is 4.26. The van der Waals surface area contributed by atoms with E-state index in [0.717, 1.165) is 9.39 Å². The lowest BCUT2D eigenvalue weighted by molar-refractivity contribution is 1.01. The van der Waals surface area contributed by atoms with Crippen molar-refractivity contribution >= 4 is 28.4 Å². The second-order valence-electron chi connectivity index (χ2n) is 4.22. The number of nitrogens with one attached hydrogen (secondary N) is 1. The number of anilines is 1. The molecule has 2 unspecified atom stereocenters. The van der Waals surface area contributed by atoms with E-state index in [4.69, 9.17) is 0 Å². The average molecular weight is 337 g/mol. The molecular formula is C13H12IN3. The van der Waals surface area contributed by atoms with Crippen molar-refractivity contribution in [3.05, 3.63) is 52.0 Å². The molecule has 4 heteroatoms. The summed E-state index contributed by atoms with van der Waals surface area (Å²) in [5.41, 5.74) is 1.41. The van der Waals surface area contributed by atoms with Crippen LogP contribution in [0.2, 0.25) is 0 Å². The molecule has 17 heavy (non-hydrogen) atoms. The van der Waals surface area contributed by atoms with Crippen molar-refractivity contribution < 1.29 is 0 Å². The van der Waals surface area contributed by atoms with Gasteiger partial charge in [0.25, 0.3) is 0 Å². The lowest BCUT2D eigenvalue weighted by atomic mass is 10.1. The Morgan fingerprint density at radius 3 is 2.82 bits per heavy atom. The van der Waals surface area contributed by atoms with Crippen LogP contribution in [0.3, 0.4) is 0 Å². The average Bonchev–Trinajstić information content (AvgIpc) is 3.13. The summed E-state index contributed by atoms with van der Waals surface area (Å²) in [7, 11) is 0. The highest BCUT2D eigenvalue weighted by Crippen LogP contribution is 2.42. The molecule has 1 aromatic heterocycles. The van der Waals surface area contributed by atoms with Gasteiger partial charge < -0.3 is 5.32 Å². The van der Waals surface area contributed by atoms with E-state index < -0.39 is 0 Å². The number of aromatic nitrogens is 2. The second-order valence-corrected chi connectivity index (χ2v) is 5.39. The number of halogens is 1. The molecule has 86 valence electrons. The molecule has 1 fully saturated rings. The Morgan fingerprint density at radius 2 is 2.06 bits per heavy atom. The standard InChI is InChI=1S/C13H12IN3/c14-11-7-15-8-16-13(11)17-12-6-10(12)9-4-2-1-3-5-9/h1-5,7-8,10,12H,6H2,(H,15,16,17). The number of nitrogens with zero attached hydrogens (tertiary/aromatic N) is 2. The summed E-state index contributed by atoms with van der Waals surface area (Å²) < 4.78 is 1.07. The summed E-state index contributed by atoms with van der Waals surface area (Å²) in [6.07, 6.45) is 4.60. The first-order valence-corrected chi connectivity index (χ1v) is 6.69. The molecule has 1 aromatic carbocycles. The zero-order valence-corrected chi connectivity index (χ0v) is 11.3. The van der Waals surface area contributed by atoms with Gasteiger partial charge in [-0.2, -0.15) is 0 Å². The van der Waals surface area contributed by atoms with Crippen molar-refractivity contribution in [3.8, 4) is 0 Å². The van der Waals surface area contributed by atoms with E-state index in [2.05, 4.69) is 68.2 Å². The van der Waals surface area contributed by atoms with Gasteiger partial charge in [-0.05, 0) is 34.6 Å². The molecule has 0 saturated heterocycles. The van der Waals surface area contributed by atoms with Crippen LogP contribution in [0.1, 0.15) is 17.9 Å². The summed E-state index contributed by atoms with van der Waals surface area (Å²) in [5, 5.41) is 3.47. The second kappa shape index (κ2) is 4.60. The molecule has 1 aliphatic carbocycles. The first kappa shape index (κ1) is 11.0. The smallest absolute Gasteiger partial charge is 0.143 e. The molecule has 0 bridgehead atoms. The van der Waals surface area contributed by atoms with Gasteiger partial charge >= 0.3 is 0 Å². The van der Waals surface area contributed by atoms with E-state index in [1.807, 2.05) is 6.20 Å². The Bertz CT molecular complexity index is 515. The Hall–Kier alpha value is -1.17. The quantitative estimate of drug-likeness (QED) is 0.875. The van der Waals surface area contributed by atoms with Crippen LogP contribution in [0.5, 0.6) is 0 Å². The zero-order valence-electron chi connectivity index (χ0n) is 9.18. The number of hydrogen-bond acceptors (Lipinski definition) is 3. The number of hydrogen-bond donors (Lipinski definition) is 1. The molecule has 1 N–H and O–H groups in total. The van der Waals surface area contributed by atoms with E-state index >= 15 is 0 Å². The topological polar surface area (TPSA) is 37.8 Å². The van der Waals surface area contributed by atoms with Gasteiger partial charge in [-0.15, -0.1) is 0 Å². The van der Waals surface area contributed by atoms with Crippen LogP contribution in [0, 0.1) is 3.57 Å². The normalized spacial score (nSPS) is 22.2. The Labute approximate surface area is 114 Å². The predicted molar refractivity (Wildman–Crippen MR) is 76.0 cm³/mol. The van der Waals surface area contributed by atoms with Gasteiger partial charge in [0, 0.05) is 18.2 Å². The van der Waals surface area contributed by atoms with Crippen LogP contribution in [-0.2, 0) is 0 Å². The van der Waals surface area contributed by atoms with Gasteiger partial charge in [0.2, 0.25) is 0 Å². The van der Waals surface area contributed by atoms with Gasteiger partial charge in [-0.1, -0.05) is 30.3 Å². The van der Waals surface area contributed by atoms with Gasteiger partial charge in [0.05, 0.1) is 3.57 Å². The first-order chi connectivity index (χ1) is 8.34. The molecule has 1 saturated carbocycles. The fourth-order valence-corrected chi connectivity index (χ4v) is 2.47. The molecular weight excluding hydrogens is 325 g/mol. The molecule has 0 aliphatic heterocycles. The third-order valence-corrected chi connectivity index (χ3v) is 3.80. The van der Waals surface area contributed by atoms with Crippen LogP contribution < -0.4 is 5.32 Å². The lowest BCUT2D eigenvalue weighted by Crippen LogP contribution is -2.07. The fourth-order valence-electron chi connectivity index (χ4n) is 2.02. The first-order valence-electron chi connectivity index (χ1n) is 5.61. The van der Waals surface area contributed by atoms with Crippen molar-refractivity contribution in [2.24, 2.45) is 0 Å². The fraction of sp³-hybridized carbons (Fsp3) is 0.231. The molecule has 3 rings (SSSR count). The molecule has 1 heterocycles. The highest BCUT2D eigenvalue weighted by molar-refractivity contribution is 14.1. The van der Waals surface area contributed by atoms with Crippen molar-refractivity contribution in [2.45, 2.75) is 18.4 Å². The highest BCUT2D eigenvalue weighted by atomic mass is 127. The molecule has 0 spiro atoms. The van der Waals surface area contributed by atoms with Crippen LogP contribution in [-0.4, -0.2) is 16.0 Å². The van der Waals surface area contributed by atoms with Crippen molar-refractivity contribution in [1.29, 1.82) is 0 Å². The number of benzene rings is 1.